The second-order valence-corrected chi connectivity index (χ2v) is 9.49. The normalized spacial score (nSPS) is 17.4. The zero-order valence-corrected chi connectivity index (χ0v) is 16.0. The fourth-order valence-electron chi connectivity index (χ4n) is 4.04. The van der Waals surface area contributed by atoms with Crippen molar-refractivity contribution in [2.75, 3.05) is 0 Å². The number of fused-ring (bicyclic) bond motifs is 2. The third-order valence-electron chi connectivity index (χ3n) is 5.69. The monoisotopic (exact) mass is 381 g/mol. The Hall–Kier alpha value is -2.18. The summed E-state index contributed by atoms with van der Waals surface area (Å²) in [5.74, 6) is 0. The largest absolute Gasteiger partial charge is 0.303 e. The topological polar surface area (TPSA) is 54.7 Å². The van der Waals surface area contributed by atoms with Crippen LogP contribution in [-0.2, 0) is 29.4 Å². The van der Waals surface area contributed by atoms with Crippen LogP contribution < -0.4 is 0 Å². The second-order valence-electron chi connectivity index (χ2n) is 7.60. The van der Waals surface area contributed by atoms with E-state index in [1.165, 1.54) is 17.5 Å². The lowest BCUT2D eigenvalue weighted by Gasteiger charge is -2.23. The highest BCUT2D eigenvalue weighted by Crippen LogP contribution is 2.34. The molecule has 0 radical (unpaired) electrons. The van der Waals surface area contributed by atoms with Gasteiger partial charge < -0.3 is 4.40 Å². The predicted molar refractivity (Wildman–Crippen MR) is 104 cm³/mol. The summed E-state index contributed by atoms with van der Waals surface area (Å²) in [4.78, 5) is 4.84. The molecule has 2 aliphatic rings. The highest BCUT2D eigenvalue weighted by Gasteiger charge is 2.38. The Morgan fingerprint density at radius 3 is 2.70 bits per heavy atom. The van der Waals surface area contributed by atoms with Crippen LogP contribution in [0.15, 0.2) is 53.7 Å². The van der Waals surface area contributed by atoms with Crippen LogP contribution in [-0.4, -0.2) is 28.1 Å². The number of imidazole rings is 1. The first-order valence-corrected chi connectivity index (χ1v) is 11.1. The summed E-state index contributed by atoms with van der Waals surface area (Å²) < 4.78 is 30.6. The van der Waals surface area contributed by atoms with Crippen molar-refractivity contribution in [1.29, 1.82) is 0 Å². The number of hydrogen-bond donors (Lipinski definition) is 0. The van der Waals surface area contributed by atoms with Crippen LogP contribution >= 0.6 is 0 Å². The van der Waals surface area contributed by atoms with Crippen molar-refractivity contribution >= 4 is 15.7 Å². The molecule has 5 nitrogen and oxygen atoms in total. The Balaban J connectivity index is 1.51. The van der Waals surface area contributed by atoms with Gasteiger partial charge in [-0.05, 0) is 73.9 Å². The highest BCUT2D eigenvalue weighted by molar-refractivity contribution is 7.89. The summed E-state index contributed by atoms with van der Waals surface area (Å²) in [7, 11) is -3.52. The maximum Gasteiger partial charge on any atom is 0.243 e. The maximum absolute atomic E-state index is 13.5. The maximum atomic E-state index is 13.5. The van der Waals surface area contributed by atoms with Gasteiger partial charge in [0.05, 0.1) is 23.3 Å². The zero-order valence-electron chi connectivity index (χ0n) is 15.2. The molecule has 0 N–H and O–H groups in total. The fourth-order valence-corrected chi connectivity index (χ4v) is 5.75. The molecule has 0 aliphatic heterocycles. The zero-order chi connectivity index (χ0) is 18.4. The summed E-state index contributed by atoms with van der Waals surface area (Å²) in [5, 5.41) is 0. The molecule has 2 aromatic heterocycles. The highest BCUT2D eigenvalue weighted by atomic mass is 32.2. The number of pyridine rings is 1. The van der Waals surface area contributed by atoms with Crippen LogP contribution in [0.1, 0.15) is 42.5 Å². The molecule has 2 heterocycles. The molecule has 2 aliphatic carbocycles. The van der Waals surface area contributed by atoms with Gasteiger partial charge in [-0.15, -0.1) is 0 Å². The van der Waals surface area contributed by atoms with Gasteiger partial charge >= 0.3 is 0 Å². The van der Waals surface area contributed by atoms with E-state index in [9.17, 15) is 8.42 Å². The molecule has 3 aromatic rings. The van der Waals surface area contributed by atoms with Crippen LogP contribution in [0.5, 0.6) is 0 Å². The molecule has 0 bridgehead atoms. The summed E-state index contributed by atoms with van der Waals surface area (Å²) >= 11 is 0. The van der Waals surface area contributed by atoms with Gasteiger partial charge in [-0.3, -0.25) is 0 Å². The first-order valence-electron chi connectivity index (χ1n) is 9.67. The molecule has 1 saturated carbocycles. The fraction of sp³-hybridized carbons (Fsp3) is 0.381. The molecule has 1 aromatic carbocycles. The lowest BCUT2D eigenvalue weighted by molar-refractivity contribution is 0.393. The number of benzene rings is 1. The SMILES string of the molecule is O=S(=O)(c1ccc2c(c1)CCCC2)N(Cc1cnc2ccccn12)C1CC1. The van der Waals surface area contributed by atoms with Crippen molar-refractivity contribution in [2.45, 2.75) is 56.0 Å². The molecule has 0 unspecified atom stereocenters. The van der Waals surface area contributed by atoms with Crippen LogP contribution in [0.2, 0.25) is 0 Å². The lowest BCUT2D eigenvalue weighted by Crippen LogP contribution is -2.33. The van der Waals surface area contributed by atoms with E-state index in [0.29, 0.717) is 11.4 Å². The summed E-state index contributed by atoms with van der Waals surface area (Å²) in [6.45, 7) is 0.356. The minimum absolute atomic E-state index is 0.0975. The van der Waals surface area contributed by atoms with Gasteiger partial charge in [0.15, 0.2) is 0 Å². The lowest BCUT2D eigenvalue weighted by atomic mass is 9.92. The summed E-state index contributed by atoms with van der Waals surface area (Å²) in [6, 6.07) is 11.6. The molecule has 0 amide bonds. The molecular formula is C21H23N3O2S. The third-order valence-corrected chi connectivity index (χ3v) is 7.59. The smallest absolute Gasteiger partial charge is 0.243 e. The third kappa shape index (κ3) is 3.07. The van der Waals surface area contributed by atoms with Gasteiger partial charge in [-0.2, -0.15) is 4.31 Å². The standard InChI is InChI=1S/C21H23N3O2S/c25-27(26,20-11-8-16-5-1-2-6-17(16)13-20)24(18-9-10-18)15-19-14-22-21-7-3-4-12-23(19)21/h3-4,7-8,11-14,18H,1-2,5-6,9-10,15H2. The Morgan fingerprint density at radius 2 is 1.89 bits per heavy atom. The Morgan fingerprint density at radius 1 is 1.07 bits per heavy atom. The number of sulfonamides is 1. The van der Waals surface area contributed by atoms with Gasteiger partial charge in [0.2, 0.25) is 10.0 Å². The van der Waals surface area contributed by atoms with E-state index in [4.69, 9.17) is 0 Å². The molecule has 0 atom stereocenters. The average Bonchev–Trinajstić information content (AvgIpc) is 3.45. The van der Waals surface area contributed by atoms with Crippen molar-refractivity contribution in [1.82, 2.24) is 13.7 Å². The number of rotatable bonds is 5. The quantitative estimate of drug-likeness (QED) is 0.679. The summed E-state index contributed by atoms with van der Waals surface area (Å²) in [5.41, 5.74) is 4.25. The van der Waals surface area contributed by atoms with Gasteiger partial charge in [-0.25, -0.2) is 13.4 Å². The van der Waals surface area contributed by atoms with Gasteiger partial charge in [-0.1, -0.05) is 12.1 Å². The minimum atomic E-state index is -3.52. The van der Waals surface area contributed by atoms with Crippen LogP contribution in [0.4, 0.5) is 0 Å². The van der Waals surface area contributed by atoms with Gasteiger partial charge in [0.1, 0.15) is 5.65 Å². The van der Waals surface area contributed by atoms with Crippen molar-refractivity contribution in [3.05, 3.63) is 65.6 Å². The first-order chi connectivity index (χ1) is 13.1. The van der Waals surface area contributed by atoms with Crippen molar-refractivity contribution in [2.24, 2.45) is 0 Å². The molecular weight excluding hydrogens is 358 g/mol. The van der Waals surface area contributed by atoms with Gasteiger partial charge in [0.25, 0.3) is 0 Å². The minimum Gasteiger partial charge on any atom is -0.303 e. The van der Waals surface area contributed by atoms with Gasteiger partial charge in [0, 0.05) is 12.2 Å². The number of nitrogens with zero attached hydrogens (tertiary/aromatic N) is 3. The van der Waals surface area contributed by atoms with Crippen LogP contribution in [0, 0.1) is 0 Å². The molecule has 5 rings (SSSR count). The van der Waals surface area contributed by atoms with Crippen molar-refractivity contribution in [3.63, 3.8) is 0 Å². The van der Waals surface area contributed by atoms with E-state index in [1.807, 2.05) is 40.9 Å². The predicted octanol–water partition coefficient (Wildman–Crippen LogP) is 3.57. The Bertz CT molecular complexity index is 1100. The number of aryl methyl sites for hydroxylation is 2. The van der Waals surface area contributed by atoms with E-state index in [1.54, 1.807) is 16.6 Å². The number of hydrogen-bond acceptors (Lipinski definition) is 3. The molecule has 1 fully saturated rings. The molecule has 6 heteroatoms. The van der Waals surface area contributed by atoms with E-state index in [-0.39, 0.29) is 6.04 Å². The molecule has 0 spiro atoms. The summed E-state index contributed by atoms with van der Waals surface area (Å²) in [6.07, 6.45) is 9.97. The number of aromatic nitrogens is 2. The molecule has 140 valence electrons. The average molecular weight is 382 g/mol. The second kappa shape index (κ2) is 6.46. The van der Waals surface area contributed by atoms with Crippen molar-refractivity contribution < 1.29 is 8.42 Å². The Kier molecular flexibility index (Phi) is 4.06. The Labute approximate surface area is 159 Å². The van der Waals surface area contributed by atoms with E-state index >= 15 is 0 Å². The van der Waals surface area contributed by atoms with Crippen LogP contribution in [0.3, 0.4) is 0 Å². The van der Waals surface area contributed by atoms with Crippen LogP contribution in [0.25, 0.3) is 5.65 Å². The van der Waals surface area contributed by atoms with E-state index in [0.717, 1.165) is 43.4 Å². The molecule has 27 heavy (non-hydrogen) atoms. The molecule has 0 saturated heterocycles. The van der Waals surface area contributed by atoms with E-state index in [2.05, 4.69) is 4.98 Å². The van der Waals surface area contributed by atoms with E-state index < -0.39 is 10.0 Å². The first kappa shape index (κ1) is 17.0. The van der Waals surface area contributed by atoms with Crippen molar-refractivity contribution in [3.8, 4) is 0 Å².